The normalized spacial score (nSPS) is 16.9. The third-order valence-electron chi connectivity index (χ3n) is 2.85. The Morgan fingerprint density at radius 3 is 2.82 bits per heavy atom. The highest BCUT2D eigenvalue weighted by atomic mass is 16.5. The van der Waals surface area contributed by atoms with Crippen molar-refractivity contribution in [1.82, 2.24) is 14.8 Å². The summed E-state index contributed by atoms with van der Waals surface area (Å²) in [6.07, 6.45) is 3.28. The standard InChI is InChI=1S/C12H17N3O2/c1-14-5-7-15(8-6-14)12(16)10-17-11-3-2-4-13-9-11/h2-4,9H,5-8,10H2,1H3. The molecule has 5 heteroatoms. The van der Waals surface area contributed by atoms with Gasteiger partial charge in [0.1, 0.15) is 5.75 Å². The van der Waals surface area contributed by atoms with Gasteiger partial charge >= 0.3 is 0 Å². The molecular formula is C12H17N3O2. The fourth-order valence-electron chi connectivity index (χ4n) is 1.72. The predicted octanol–water partition coefficient (Wildman–Crippen LogP) is 0.234. The number of pyridine rings is 1. The molecule has 0 N–H and O–H groups in total. The van der Waals surface area contributed by atoms with Gasteiger partial charge in [-0.1, -0.05) is 0 Å². The van der Waals surface area contributed by atoms with Crippen LogP contribution >= 0.6 is 0 Å². The molecule has 0 aromatic carbocycles. The fraction of sp³-hybridized carbons (Fsp3) is 0.500. The van der Waals surface area contributed by atoms with Crippen molar-refractivity contribution in [3.63, 3.8) is 0 Å². The number of rotatable bonds is 3. The minimum atomic E-state index is 0.0435. The molecule has 17 heavy (non-hydrogen) atoms. The first kappa shape index (κ1) is 11.9. The number of carbonyl (C=O) groups excluding carboxylic acids is 1. The van der Waals surface area contributed by atoms with Gasteiger partial charge in [-0.25, -0.2) is 0 Å². The second-order valence-electron chi connectivity index (χ2n) is 4.16. The van der Waals surface area contributed by atoms with Crippen LogP contribution in [0.1, 0.15) is 0 Å². The number of hydrogen-bond acceptors (Lipinski definition) is 4. The lowest BCUT2D eigenvalue weighted by Gasteiger charge is -2.32. The van der Waals surface area contributed by atoms with Crippen LogP contribution in [0.25, 0.3) is 0 Å². The van der Waals surface area contributed by atoms with Gasteiger partial charge in [0.2, 0.25) is 0 Å². The fourth-order valence-corrected chi connectivity index (χ4v) is 1.72. The van der Waals surface area contributed by atoms with Crippen molar-refractivity contribution in [2.24, 2.45) is 0 Å². The van der Waals surface area contributed by atoms with Crippen LogP contribution in [0.2, 0.25) is 0 Å². The van der Waals surface area contributed by atoms with E-state index in [-0.39, 0.29) is 12.5 Å². The topological polar surface area (TPSA) is 45.7 Å². The van der Waals surface area contributed by atoms with Gasteiger partial charge in [0.25, 0.3) is 5.91 Å². The molecule has 0 spiro atoms. The van der Waals surface area contributed by atoms with Crippen molar-refractivity contribution in [2.45, 2.75) is 0 Å². The van der Waals surface area contributed by atoms with Crippen molar-refractivity contribution in [2.75, 3.05) is 39.8 Å². The van der Waals surface area contributed by atoms with Gasteiger partial charge in [0.15, 0.2) is 6.61 Å². The zero-order valence-electron chi connectivity index (χ0n) is 10.0. The molecule has 0 unspecified atom stereocenters. The van der Waals surface area contributed by atoms with Crippen LogP contribution < -0.4 is 4.74 Å². The molecule has 1 fully saturated rings. The molecule has 0 radical (unpaired) electrons. The maximum Gasteiger partial charge on any atom is 0.260 e. The van der Waals surface area contributed by atoms with Gasteiger partial charge < -0.3 is 14.5 Å². The molecule has 1 aromatic rings. The molecule has 1 saturated heterocycles. The zero-order chi connectivity index (χ0) is 12.1. The Labute approximate surface area is 101 Å². The number of piperazine rings is 1. The van der Waals surface area contributed by atoms with E-state index < -0.39 is 0 Å². The Balaban J connectivity index is 1.78. The highest BCUT2D eigenvalue weighted by Gasteiger charge is 2.19. The van der Waals surface area contributed by atoms with E-state index in [0.29, 0.717) is 5.75 Å². The van der Waals surface area contributed by atoms with E-state index in [1.165, 1.54) is 0 Å². The molecule has 2 heterocycles. The smallest absolute Gasteiger partial charge is 0.260 e. The Morgan fingerprint density at radius 2 is 2.18 bits per heavy atom. The Hall–Kier alpha value is -1.62. The van der Waals surface area contributed by atoms with Crippen LogP contribution in [0.15, 0.2) is 24.5 Å². The summed E-state index contributed by atoms with van der Waals surface area (Å²) in [5.74, 6) is 0.678. The number of amides is 1. The van der Waals surface area contributed by atoms with Crippen molar-refractivity contribution in [3.05, 3.63) is 24.5 Å². The van der Waals surface area contributed by atoms with E-state index in [1.807, 2.05) is 4.90 Å². The summed E-state index contributed by atoms with van der Waals surface area (Å²) in [5.41, 5.74) is 0. The highest BCUT2D eigenvalue weighted by molar-refractivity contribution is 5.77. The van der Waals surface area contributed by atoms with Crippen LogP contribution in [0.4, 0.5) is 0 Å². The molecule has 1 aromatic heterocycles. The summed E-state index contributed by atoms with van der Waals surface area (Å²) in [6, 6.07) is 3.58. The van der Waals surface area contributed by atoms with Crippen LogP contribution in [-0.2, 0) is 4.79 Å². The summed E-state index contributed by atoms with van der Waals surface area (Å²) >= 11 is 0. The summed E-state index contributed by atoms with van der Waals surface area (Å²) < 4.78 is 5.38. The van der Waals surface area contributed by atoms with Gasteiger partial charge in [-0.05, 0) is 19.2 Å². The van der Waals surface area contributed by atoms with E-state index in [9.17, 15) is 4.79 Å². The molecule has 2 rings (SSSR count). The first-order valence-electron chi connectivity index (χ1n) is 5.75. The number of carbonyl (C=O) groups is 1. The number of likely N-dealkylation sites (N-methyl/N-ethyl adjacent to an activating group) is 1. The van der Waals surface area contributed by atoms with Crippen molar-refractivity contribution in [3.8, 4) is 5.75 Å². The predicted molar refractivity (Wildman–Crippen MR) is 63.8 cm³/mol. The minimum absolute atomic E-state index is 0.0435. The van der Waals surface area contributed by atoms with E-state index in [2.05, 4.69) is 16.9 Å². The molecule has 0 atom stereocenters. The first-order valence-corrected chi connectivity index (χ1v) is 5.75. The molecule has 5 nitrogen and oxygen atoms in total. The van der Waals surface area contributed by atoms with E-state index in [0.717, 1.165) is 26.2 Å². The van der Waals surface area contributed by atoms with Gasteiger partial charge in [-0.15, -0.1) is 0 Å². The van der Waals surface area contributed by atoms with E-state index in [1.54, 1.807) is 24.5 Å². The summed E-state index contributed by atoms with van der Waals surface area (Å²) in [6.45, 7) is 3.52. The Bertz CT molecular complexity index is 361. The summed E-state index contributed by atoms with van der Waals surface area (Å²) in [5, 5.41) is 0. The molecule has 1 aliphatic heterocycles. The lowest BCUT2D eigenvalue weighted by molar-refractivity contribution is -0.134. The quantitative estimate of drug-likeness (QED) is 0.752. The zero-order valence-corrected chi connectivity index (χ0v) is 10.0. The molecule has 0 saturated carbocycles. The molecule has 0 aliphatic carbocycles. The second kappa shape index (κ2) is 5.63. The van der Waals surface area contributed by atoms with Gasteiger partial charge in [0.05, 0.1) is 6.20 Å². The van der Waals surface area contributed by atoms with Crippen molar-refractivity contribution < 1.29 is 9.53 Å². The van der Waals surface area contributed by atoms with E-state index >= 15 is 0 Å². The second-order valence-corrected chi connectivity index (χ2v) is 4.16. The van der Waals surface area contributed by atoms with Crippen molar-refractivity contribution >= 4 is 5.91 Å². The lowest BCUT2D eigenvalue weighted by atomic mass is 10.3. The molecular weight excluding hydrogens is 218 g/mol. The molecule has 1 amide bonds. The number of hydrogen-bond donors (Lipinski definition) is 0. The van der Waals surface area contributed by atoms with Crippen molar-refractivity contribution in [1.29, 1.82) is 0 Å². The average molecular weight is 235 g/mol. The summed E-state index contributed by atoms with van der Waals surface area (Å²) in [7, 11) is 2.06. The van der Waals surface area contributed by atoms with Crippen LogP contribution in [0, 0.1) is 0 Å². The van der Waals surface area contributed by atoms with Crippen LogP contribution in [0.3, 0.4) is 0 Å². The lowest BCUT2D eigenvalue weighted by Crippen LogP contribution is -2.48. The van der Waals surface area contributed by atoms with Gasteiger partial charge in [-0.3, -0.25) is 9.78 Å². The maximum atomic E-state index is 11.8. The molecule has 92 valence electrons. The summed E-state index contributed by atoms with van der Waals surface area (Å²) in [4.78, 5) is 19.8. The third kappa shape index (κ3) is 3.42. The number of aromatic nitrogens is 1. The maximum absolute atomic E-state index is 11.8. The average Bonchev–Trinajstić information content (AvgIpc) is 2.38. The van der Waals surface area contributed by atoms with Gasteiger partial charge in [0, 0.05) is 32.4 Å². The molecule has 1 aliphatic rings. The minimum Gasteiger partial charge on any atom is -0.482 e. The monoisotopic (exact) mass is 235 g/mol. The largest absolute Gasteiger partial charge is 0.482 e. The SMILES string of the molecule is CN1CCN(C(=O)COc2cccnc2)CC1. The number of nitrogens with zero attached hydrogens (tertiary/aromatic N) is 3. The Kier molecular flexibility index (Phi) is 3.93. The van der Waals surface area contributed by atoms with Crippen LogP contribution in [-0.4, -0.2) is 60.5 Å². The molecule has 0 bridgehead atoms. The Morgan fingerprint density at radius 1 is 1.41 bits per heavy atom. The van der Waals surface area contributed by atoms with Gasteiger partial charge in [-0.2, -0.15) is 0 Å². The third-order valence-corrected chi connectivity index (χ3v) is 2.85. The number of ether oxygens (including phenoxy) is 1. The highest BCUT2D eigenvalue weighted by Crippen LogP contribution is 2.07. The van der Waals surface area contributed by atoms with Crippen LogP contribution in [0.5, 0.6) is 5.75 Å². The first-order chi connectivity index (χ1) is 8.25. The van der Waals surface area contributed by atoms with E-state index in [4.69, 9.17) is 4.74 Å².